The molecule has 2 rings (SSSR count). The zero-order chi connectivity index (χ0) is 9.42. The highest BCUT2D eigenvalue weighted by Crippen LogP contribution is 2.43. The number of allylic oxidation sites excluding steroid dienone is 2. The summed E-state index contributed by atoms with van der Waals surface area (Å²) in [6.07, 6.45) is 8.28. The first-order valence-corrected chi connectivity index (χ1v) is 5.88. The summed E-state index contributed by atoms with van der Waals surface area (Å²) in [7, 11) is 0. The van der Waals surface area contributed by atoms with E-state index >= 15 is 0 Å². The Hall–Kier alpha value is -0.260. The van der Waals surface area contributed by atoms with Crippen molar-refractivity contribution in [1.82, 2.24) is 0 Å². The quantitative estimate of drug-likeness (QED) is 0.532. The second-order valence-electron chi connectivity index (χ2n) is 5.31. The third kappa shape index (κ3) is 1.68. The molecule has 0 nitrogen and oxygen atoms in total. The minimum Gasteiger partial charge on any atom is -0.0817 e. The molecule has 74 valence electrons. The summed E-state index contributed by atoms with van der Waals surface area (Å²) >= 11 is 0. The maximum Gasteiger partial charge on any atom is -0.0177 e. The van der Waals surface area contributed by atoms with Crippen LogP contribution in [0.25, 0.3) is 0 Å². The van der Waals surface area contributed by atoms with Crippen molar-refractivity contribution in [2.45, 2.75) is 46.5 Å². The average Bonchev–Trinajstić information content (AvgIpc) is 2.21. The van der Waals surface area contributed by atoms with Gasteiger partial charge in [-0.3, -0.25) is 0 Å². The summed E-state index contributed by atoms with van der Waals surface area (Å²) < 4.78 is 0. The largest absolute Gasteiger partial charge is 0.0817 e. The first-order valence-electron chi connectivity index (χ1n) is 5.88. The first kappa shape index (κ1) is 9.30. The third-order valence-electron chi connectivity index (χ3n) is 4.33. The Bertz CT molecular complexity index is 208. The summed E-state index contributed by atoms with van der Waals surface area (Å²) in [4.78, 5) is 0. The molecular formula is C13H22. The highest BCUT2D eigenvalue weighted by Gasteiger charge is 2.34. The minimum absolute atomic E-state index is 0.894. The van der Waals surface area contributed by atoms with Gasteiger partial charge in [-0.05, 0) is 49.4 Å². The molecule has 0 spiro atoms. The Kier molecular flexibility index (Phi) is 2.49. The number of hydrogen-bond acceptors (Lipinski definition) is 0. The van der Waals surface area contributed by atoms with Gasteiger partial charge >= 0.3 is 0 Å². The normalized spacial score (nSPS) is 44.7. The summed E-state index contributed by atoms with van der Waals surface area (Å²) in [6, 6.07) is 0. The van der Waals surface area contributed by atoms with Gasteiger partial charge in [-0.1, -0.05) is 32.4 Å². The SMILES string of the molecule is CC1CC(C)C(C=C2CCC2)C1C. The fourth-order valence-corrected chi connectivity index (χ4v) is 2.99. The standard InChI is InChI=1S/C13H22/c1-9-7-10(2)13(11(9)3)8-12-5-4-6-12/h8-11,13H,4-7H2,1-3H3. The predicted octanol–water partition coefficient (Wildman–Crippen LogP) is 4.02. The lowest BCUT2D eigenvalue weighted by atomic mass is 9.83. The molecule has 0 aromatic heterocycles. The van der Waals surface area contributed by atoms with Crippen LogP contribution in [0.15, 0.2) is 11.6 Å². The Morgan fingerprint density at radius 2 is 1.77 bits per heavy atom. The van der Waals surface area contributed by atoms with Crippen molar-refractivity contribution in [3.05, 3.63) is 11.6 Å². The van der Waals surface area contributed by atoms with Crippen LogP contribution in [-0.4, -0.2) is 0 Å². The maximum absolute atomic E-state index is 2.61. The van der Waals surface area contributed by atoms with E-state index in [0.717, 1.165) is 23.7 Å². The second kappa shape index (κ2) is 3.48. The molecule has 2 aliphatic carbocycles. The molecule has 2 fully saturated rings. The first-order chi connectivity index (χ1) is 6.18. The monoisotopic (exact) mass is 178 g/mol. The van der Waals surface area contributed by atoms with Gasteiger partial charge < -0.3 is 0 Å². The molecule has 0 heterocycles. The molecule has 0 amide bonds. The van der Waals surface area contributed by atoms with Gasteiger partial charge in [0.1, 0.15) is 0 Å². The molecule has 0 heteroatoms. The second-order valence-corrected chi connectivity index (χ2v) is 5.31. The Morgan fingerprint density at radius 1 is 1.08 bits per heavy atom. The van der Waals surface area contributed by atoms with Crippen LogP contribution in [0, 0.1) is 23.7 Å². The predicted molar refractivity (Wildman–Crippen MR) is 57.5 cm³/mol. The van der Waals surface area contributed by atoms with Crippen LogP contribution >= 0.6 is 0 Å². The van der Waals surface area contributed by atoms with Gasteiger partial charge in [0.2, 0.25) is 0 Å². The van der Waals surface area contributed by atoms with Crippen LogP contribution < -0.4 is 0 Å². The van der Waals surface area contributed by atoms with Crippen LogP contribution in [0.5, 0.6) is 0 Å². The van der Waals surface area contributed by atoms with Crippen LogP contribution in [0.3, 0.4) is 0 Å². The molecule has 0 aromatic carbocycles. The van der Waals surface area contributed by atoms with E-state index in [4.69, 9.17) is 0 Å². The van der Waals surface area contributed by atoms with Crippen molar-refractivity contribution in [2.75, 3.05) is 0 Å². The molecule has 0 aromatic rings. The van der Waals surface area contributed by atoms with E-state index < -0.39 is 0 Å². The lowest BCUT2D eigenvalue weighted by molar-refractivity contribution is 0.383. The molecule has 2 aliphatic rings. The van der Waals surface area contributed by atoms with Gasteiger partial charge in [0.25, 0.3) is 0 Å². The molecule has 0 saturated heterocycles. The van der Waals surface area contributed by atoms with Crippen molar-refractivity contribution in [3.63, 3.8) is 0 Å². The lowest BCUT2D eigenvalue weighted by Crippen LogP contribution is -2.12. The average molecular weight is 178 g/mol. The Morgan fingerprint density at radius 3 is 2.15 bits per heavy atom. The fraction of sp³-hybridized carbons (Fsp3) is 0.846. The van der Waals surface area contributed by atoms with Gasteiger partial charge in [-0.25, -0.2) is 0 Å². The van der Waals surface area contributed by atoms with Gasteiger partial charge in [0.15, 0.2) is 0 Å². The van der Waals surface area contributed by atoms with E-state index in [9.17, 15) is 0 Å². The number of rotatable bonds is 1. The summed E-state index contributed by atoms with van der Waals surface area (Å²) in [6.45, 7) is 7.29. The minimum atomic E-state index is 0.894. The van der Waals surface area contributed by atoms with Crippen LogP contribution in [-0.2, 0) is 0 Å². The lowest BCUT2D eigenvalue weighted by Gasteiger charge is -2.23. The Labute approximate surface area is 82.4 Å². The number of hydrogen-bond donors (Lipinski definition) is 0. The maximum atomic E-state index is 2.61. The molecule has 0 bridgehead atoms. The molecule has 0 radical (unpaired) electrons. The van der Waals surface area contributed by atoms with E-state index in [1.165, 1.54) is 25.7 Å². The van der Waals surface area contributed by atoms with Crippen LogP contribution in [0.2, 0.25) is 0 Å². The topological polar surface area (TPSA) is 0 Å². The van der Waals surface area contributed by atoms with Gasteiger partial charge in [0, 0.05) is 0 Å². The molecule has 0 N–H and O–H groups in total. The summed E-state index contributed by atoms with van der Waals surface area (Å²) in [5.74, 6) is 3.68. The zero-order valence-corrected chi connectivity index (χ0v) is 9.22. The third-order valence-corrected chi connectivity index (χ3v) is 4.33. The molecule has 2 saturated carbocycles. The van der Waals surface area contributed by atoms with Crippen LogP contribution in [0.1, 0.15) is 46.5 Å². The van der Waals surface area contributed by atoms with Gasteiger partial charge in [0.05, 0.1) is 0 Å². The van der Waals surface area contributed by atoms with Crippen molar-refractivity contribution in [2.24, 2.45) is 23.7 Å². The van der Waals surface area contributed by atoms with E-state index in [-0.39, 0.29) is 0 Å². The van der Waals surface area contributed by atoms with Gasteiger partial charge in [-0.2, -0.15) is 0 Å². The Balaban J connectivity index is 2.04. The van der Waals surface area contributed by atoms with Crippen molar-refractivity contribution in [1.29, 1.82) is 0 Å². The summed E-state index contributed by atoms with van der Waals surface area (Å²) in [5, 5.41) is 0. The molecule has 0 aliphatic heterocycles. The van der Waals surface area contributed by atoms with Crippen molar-refractivity contribution < 1.29 is 0 Å². The fourth-order valence-electron chi connectivity index (χ4n) is 2.99. The van der Waals surface area contributed by atoms with E-state index in [2.05, 4.69) is 26.8 Å². The van der Waals surface area contributed by atoms with E-state index in [1.54, 1.807) is 5.57 Å². The summed E-state index contributed by atoms with van der Waals surface area (Å²) in [5.41, 5.74) is 1.75. The van der Waals surface area contributed by atoms with Crippen molar-refractivity contribution >= 4 is 0 Å². The zero-order valence-electron chi connectivity index (χ0n) is 9.22. The van der Waals surface area contributed by atoms with E-state index in [0.29, 0.717) is 0 Å². The molecule has 13 heavy (non-hydrogen) atoms. The highest BCUT2D eigenvalue weighted by molar-refractivity contribution is 5.13. The molecule has 4 unspecified atom stereocenters. The molecular weight excluding hydrogens is 156 g/mol. The van der Waals surface area contributed by atoms with Crippen LogP contribution in [0.4, 0.5) is 0 Å². The van der Waals surface area contributed by atoms with Crippen molar-refractivity contribution in [3.8, 4) is 0 Å². The highest BCUT2D eigenvalue weighted by atomic mass is 14.4. The van der Waals surface area contributed by atoms with Gasteiger partial charge in [-0.15, -0.1) is 0 Å². The molecule has 4 atom stereocenters. The van der Waals surface area contributed by atoms with E-state index in [1.807, 2.05) is 0 Å². The smallest absolute Gasteiger partial charge is 0.0177 e.